The summed E-state index contributed by atoms with van der Waals surface area (Å²) in [7, 11) is -1.03. The molecule has 0 saturated carbocycles. The van der Waals surface area contributed by atoms with Crippen molar-refractivity contribution in [3.63, 3.8) is 0 Å². The van der Waals surface area contributed by atoms with Crippen LogP contribution in [0.25, 0.3) is 0 Å². The molecule has 1 fully saturated rings. The van der Waals surface area contributed by atoms with Gasteiger partial charge < -0.3 is 4.90 Å². The third-order valence-electron chi connectivity index (χ3n) is 3.06. The van der Waals surface area contributed by atoms with E-state index >= 15 is 0 Å². The van der Waals surface area contributed by atoms with E-state index in [2.05, 4.69) is 16.7 Å². The van der Waals surface area contributed by atoms with Gasteiger partial charge in [-0.25, -0.2) is 13.1 Å². The highest BCUT2D eigenvalue weighted by Gasteiger charge is 2.22. The largest absolute Gasteiger partial charge is 0.302 e. The Morgan fingerprint density at radius 2 is 2.07 bits per heavy atom. The fraction of sp³-hybridized carbons (Fsp3) is 1.00. The molecule has 5 heteroatoms. The van der Waals surface area contributed by atoms with Crippen LogP contribution in [0.1, 0.15) is 33.1 Å². The maximum Gasteiger partial charge on any atom is 0.213 e. The first-order chi connectivity index (χ1) is 6.93. The third kappa shape index (κ3) is 3.74. The number of hydrogen-bond acceptors (Lipinski definition) is 3. The fourth-order valence-electron chi connectivity index (χ4n) is 1.78. The summed E-state index contributed by atoms with van der Waals surface area (Å²) in [6, 6.07) is 0.368. The van der Waals surface area contributed by atoms with Crippen molar-refractivity contribution < 1.29 is 8.42 Å². The summed E-state index contributed by atoms with van der Waals surface area (Å²) in [5.74, 6) is 0. The van der Waals surface area contributed by atoms with Crippen molar-refractivity contribution in [2.24, 2.45) is 0 Å². The SMILES string of the molecule is CC(C)S(=O)(=O)NCC1CCCCN1C. The minimum atomic E-state index is -3.10. The Hall–Kier alpha value is -0.130. The van der Waals surface area contributed by atoms with E-state index in [9.17, 15) is 8.42 Å². The molecule has 0 amide bonds. The van der Waals surface area contributed by atoms with Crippen molar-refractivity contribution >= 4 is 10.0 Å². The molecule has 1 atom stereocenters. The Labute approximate surface area is 93.1 Å². The second kappa shape index (κ2) is 5.27. The highest BCUT2D eigenvalue weighted by molar-refractivity contribution is 7.90. The van der Waals surface area contributed by atoms with Gasteiger partial charge in [0.1, 0.15) is 0 Å². The van der Waals surface area contributed by atoms with E-state index < -0.39 is 10.0 Å². The molecule has 1 saturated heterocycles. The quantitative estimate of drug-likeness (QED) is 0.783. The fourth-order valence-corrected chi connectivity index (χ4v) is 2.54. The maximum atomic E-state index is 11.6. The second-order valence-electron chi connectivity index (χ2n) is 4.57. The van der Waals surface area contributed by atoms with E-state index in [4.69, 9.17) is 0 Å². The van der Waals surface area contributed by atoms with Gasteiger partial charge in [0.15, 0.2) is 0 Å². The molecule has 0 aromatic rings. The molecular formula is C10H22N2O2S. The van der Waals surface area contributed by atoms with Gasteiger partial charge in [-0.1, -0.05) is 6.42 Å². The van der Waals surface area contributed by atoms with Crippen LogP contribution in [0.2, 0.25) is 0 Å². The molecule has 90 valence electrons. The summed E-state index contributed by atoms with van der Waals surface area (Å²) in [6.07, 6.45) is 3.53. The molecule has 1 rings (SSSR count). The van der Waals surface area contributed by atoms with Crippen molar-refractivity contribution in [2.45, 2.75) is 44.4 Å². The monoisotopic (exact) mass is 234 g/mol. The van der Waals surface area contributed by atoms with Crippen molar-refractivity contribution in [1.29, 1.82) is 0 Å². The van der Waals surface area contributed by atoms with E-state index in [0.717, 1.165) is 13.0 Å². The van der Waals surface area contributed by atoms with Crippen LogP contribution in [0.15, 0.2) is 0 Å². The van der Waals surface area contributed by atoms with Gasteiger partial charge in [-0.05, 0) is 40.3 Å². The van der Waals surface area contributed by atoms with Crippen molar-refractivity contribution in [3.8, 4) is 0 Å². The first-order valence-corrected chi connectivity index (χ1v) is 7.17. The molecule has 0 aromatic heterocycles. The Balaban J connectivity index is 2.42. The van der Waals surface area contributed by atoms with Crippen LogP contribution < -0.4 is 4.72 Å². The summed E-state index contributed by atoms with van der Waals surface area (Å²) in [5, 5.41) is -0.341. The van der Waals surface area contributed by atoms with Gasteiger partial charge in [0.2, 0.25) is 10.0 Å². The molecule has 0 spiro atoms. The summed E-state index contributed by atoms with van der Waals surface area (Å²) < 4.78 is 25.8. The number of hydrogen-bond donors (Lipinski definition) is 1. The molecule has 15 heavy (non-hydrogen) atoms. The van der Waals surface area contributed by atoms with Gasteiger partial charge >= 0.3 is 0 Å². The number of likely N-dealkylation sites (N-methyl/N-ethyl adjacent to an activating group) is 1. The Morgan fingerprint density at radius 1 is 1.40 bits per heavy atom. The van der Waals surface area contributed by atoms with E-state index in [1.54, 1.807) is 13.8 Å². The van der Waals surface area contributed by atoms with Gasteiger partial charge in [0, 0.05) is 12.6 Å². The molecule has 0 aliphatic carbocycles. The van der Waals surface area contributed by atoms with Gasteiger partial charge in [-0.2, -0.15) is 0 Å². The summed E-state index contributed by atoms with van der Waals surface area (Å²) in [4.78, 5) is 2.24. The highest BCUT2D eigenvalue weighted by Crippen LogP contribution is 2.14. The molecular weight excluding hydrogens is 212 g/mol. The first kappa shape index (κ1) is 12.9. The number of piperidine rings is 1. The number of nitrogens with zero attached hydrogens (tertiary/aromatic N) is 1. The first-order valence-electron chi connectivity index (χ1n) is 5.62. The van der Waals surface area contributed by atoms with Crippen LogP contribution in [0, 0.1) is 0 Å². The average molecular weight is 234 g/mol. The molecule has 0 bridgehead atoms. The third-order valence-corrected chi connectivity index (χ3v) is 4.87. The number of rotatable bonds is 4. The molecule has 1 aliphatic heterocycles. The predicted octanol–water partition coefficient (Wildman–Crippen LogP) is 0.798. The van der Waals surface area contributed by atoms with E-state index in [1.807, 2.05) is 0 Å². The Bertz CT molecular complexity index is 288. The zero-order valence-corrected chi connectivity index (χ0v) is 10.7. The number of sulfonamides is 1. The highest BCUT2D eigenvalue weighted by atomic mass is 32.2. The topological polar surface area (TPSA) is 49.4 Å². The zero-order chi connectivity index (χ0) is 11.5. The second-order valence-corrected chi connectivity index (χ2v) is 6.89. The van der Waals surface area contributed by atoms with E-state index in [0.29, 0.717) is 12.6 Å². The van der Waals surface area contributed by atoms with Crippen molar-refractivity contribution in [1.82, 2.24) is 9.62 Å². The molecule has 4 nitrogen and oxygen atoms in total. The van der Waals surface area contributed by atoms with E-state index in [1.165, 1.54) is 12.8 Å². The van der Waals surface area contributed by atoms with Crippen LogP contribution in [0.5, 0.6) is 0 Å². The lowest BCUT2D eigenvalue weighted by Crippen LogP contribution is -2.45. The number of likely N-dealkylation sites (tertiary alicyclic amines) is 1. The molecule has 1 N–H and O–H groups in total. The minimum absolute atomic E-state index is 0.341. The minimum Gasteiger partial charge on any atom is -0.302 e. The number of nitrogens with one attached hydrogen (secondary N) is 1. The molecule has 1 aliphatic rings. The lowest BCUT2D eigenvalue weighted by Gasteiger charge is -2.32. The lowest BCUT2D eigenvalue weighted by atomic mass is 10.0. The Morgan fingerprint density at radius 3 is 2.60 bits per heavy atom. The van der Waals surface area contributed by atoms with Crippen molar-refractivity contribution in [3.05, 3.63) is 0 Å². The molecule has 0 aromatic carbocycles. The Kier molecular flexibility index (Phi) is 4.55. The van der Waals surface area contributed by atoms with Crippen LogP contribution in [-0.4, -0.2) is 44.7 Å². The standard InChI is InChI=1S/C10H22N2O2S/c1-9(2)15(13,14)11-8-10-6-4-5-7-12(10)3/h9-11H,4-8H2,1-3H3. The summed E-state index contributed by atoms with van der Waals surface area (Å²) in [6.45, 7) is 5.03. The van der Waals surface area contributed by atoms with Gasteiger partial charge in [-0.15, -0.1) is 0 Å². The van der Waals surface area contributed by atoms with Crippen LogP contribution in [0.4, 0.5) is 0 Å². The maximum absolute atomic E-state index is 11.6. The molecule has 1 heterocycles. The normalized spacial score (nSPS) is 24.7. The smallest absolute Gasteiger partial charge is 0.213 e. The molecule has 1 unspecified atom stereocenters. The average Bonchev–Trinajstić information content (AvgIpc) is 2.16. The predicted molar refractivity (Wildman–Crippen MR) is 62.3 cm³/mol. The zero-order valence-electron chi connectivity index (χ0n) is 9.86. The van der Waals surface area contributed by atoms with E-state index in [-0.39, 0.29) is 5.25 Å². The lowest BCUT2D eigenvalue weighted by molar-refractivity contribution is 0.187. The van der Waals surface area contributed by atoms with Gasteiger partial charge in [0.25, 0.3) is 0 Å². The van der Waals surface area contributed by atoms with Crippen molar-refractivity contribution in [2.75, 3.05) is 20.1 Å². The van der Waals surface area contributed by atoms with Crippen LogP contribution in [0.3, 0.4) is 0 Å². The van der Waals surface area contributed by atoms with Crippen LogP contribution in [-0.2, 0) is 10.0 Å². The molecule has 0 radical (unpaired) electrons. The summed E-state index contributed by atoms with van der Waals surface area (Å²) >= 11 is 0. The van der Waals surface area contributed by atoms with Crippen LogP contribution >= 0.6 is 0 Å². The van der Waals surface area contributed by atoms with Gasteiger partial charge in [-0.3, -0.25) is 0 Å². The van der Waals surface area contributed by atoms with Gasteiger partial charge in [0.05, 0.1) is 5.25 Å². The summed E-state index contributed by atoms with van der Waals surface area (Å²) in [5.41, 5.74) is 0.